The van der Waals surface area contributed by atoms with Crippen molar-refractivity contribution in [2.75, 3.05) is 33.2 Å². The Morgan fingerprint density at radius 3 is 2.68 bits per heavy atom. The monoisotopic (exact) mass is 337 g/mol. The Kier molecular flexibility index (Phi) is 4.21. The number of likely N-dealkylation sites (N-methyl/N-ethyl adjacent to an activating group) is 1. The Morgan fingerprint density at radius 1 is 1.16 bits per heavy atom. The fraction of sp³-hybridized carbons (Fsp3) is 0.263. The average Bonchev–Trinajstić information content (AvgIpc) is 3.07. The van der Waals surface area contributed by atoms with Crippen molar-refractivity contribution in [2.24, 2.45) is 0 Å². The van der Waals surface area contributed by atoms with Crippen molar-refractivity contribution in [1.29, 1.82) is 0 Å². The van der Waals surface area contributed by atoms with Crippen LogP contribution in [0.1, 0.15) is 10.4 Å². The topological polar surface area (TPSA) is 62.8 Å². The van der Waals surface area contributed by atoms with Gasteiger partial charge in [-0.3, -0.25) is 10.2 Å². The van der Waals surface area contributed by atoms with E-state index in [-0.39, 0.29) is 5.91 Å². The largest absolute Gasteiger partial charge is 0.355 e. The van der Waals surface area contributed by atoms with E-state index in [2.05, 4.69) is 17.6 Å². The molecule has 0 atom stereocenters. The van der Waals surface area contributed by atoms with Gasteiger partial charge in [-0.05, 0) is 18.2 Å². The van der Waals surface area contributed by atoms with Crippen molar-refractivity contribution in [1.82, 2.24) is 15.6 Å². The zero-order valence-electron chi connectivity index (χ0n) is 14.2. The number of quaternary nitrogens is 1. The summed E-state index contributed by atoms with van der Waals surface area (Å²) in [5, 5.41) is 6.94. The zero-order chi connectivity index (χ0) is 17.2. The summed E-state index contributed by atoms with van der Waals surface area (Å²) < 4.78 is 5.50. The molecule has 128 valence electrons. The molecule has 1 aromatic heterocycles. The van der Waals surface area contributed by atoms with Crippen LogP contribution in [0.4, 0.5) is 0 Å². The van der Waals surface area contributed by atoms with Gasteiger partial charge >= 0.3 is 0 Å². The Balaban J connectivity index is 1.59. The van der Waals surface area contributed by atoms with Crippen LogP contribution in [0.2, 0.25) is 0 Å². The molecule has 3 aromatic rings. The minimum absolute atomic E-state index is 0.0957. The van der Waals surface area contributed by atoms with Crippen LogP contribution >= 0.6 is 0 Å². The van der Waals surface area contributed by atoms with Gasteiger partial charge in [0.1, 0.15) is 5.52 Å². The van der Waals surface area contributed by atoms with Crippen LogP contribution in [0.5, 0.6) is 0 Å². The van der Waals surface area contributed by atoms with E-state index in [0.29, 0.717) is 11.3 Å². The Hall–Kier alpha value is -2.70. The summed E-state index contributed by atoms with van der Waals surface area (Å²) in [6.45, 7) is 3.79. The van der Waals surface area contributed by atoms with Crippen molar-refractivity contribution in [3.63, 3.8) is 0 Å². The van der Waals surface area contributed by atoms with E-state index >= 15 is 0 Å². The Morgan fingerprint density at radius 2 is 1.92 bits per heavy atom. The minimum Gasteiger partial charge on any atom is -0.355 e. The first-order valence-electron chi connectivity index (χ1n) is 8.53. The van der Waals surface area contributed by atoms with Gasteiger partial charge in [-0.1, -0.05) is 35.5 Å². The Labute approximate surface area is 146 Å². The van der Waals surface area contributed by atoms with Crippen LogP contribution in [0.15, 0.2) is 53.1 Å². The molecule has 1 aliphatic heterocycles. The first-order valence-corrected chi connectivity index (χ1v) is 8.53. The fourth-order valence-electron chi connectivity index (χ4n) is 3.09. The summed E-state index contributed by atoms with van der Waals surface area (Å²) in [6, 6.07) is 15.3. The van der Waals surface area contributed by atoms with Crippen molar-refractivity contribution < 1.29 is 14.2 Å². The molecule has 0 bridgehead atoms. The molecule has 1 fully saturated rings. The molecule has 0 spiro atoms. The van der Waals surface area contributed by atoms with Gasteiger partial charge in [0.25, 0.3) is 5.91 Å². The van der Waals surface area contributed by atoms with Crippen LogP contribution < -0.4 is 10.3 Å². The van der Waals surface area contributed by atoms with Gasteiger partial charge in [0.2, 0.25) is 0 Å². The number of benzene rings is 2. The maximum atomic E-state index is 12.6. The molecule has 2 aromatic carbocycles. The van der Waals surface area contributed by atoms with Gasteiger partial charge in [0.05, 0.1) is 38.6 Å². The molecule has 0 saturated carbocycles. The number of nitrogens with one attached hydrogen (secondary N) is 2. The second-order valence-electron chi connectivity index (χ2n) is 6.49. The molecule has 4 rings (SSSR count). The third-order valence-electron chi connectivity index (χ3n) is 4.65. The highest BCUT2D eigenvalue weighted by Crippen LogP contribution is 2.29. The van der Waals surface area contributed by atoms with E-state index in [1.807, 2.05) is 47.5 Å². The van der Waals surface area contributed by atoms with Gasteiger partial charge in [0.15, 0.2) is 5.76 Å². The van der Waals surface area contributed by atoms with Crippen LogP contribution in [0, 0.1) is 0 Å². The standard InChI is InChI=1S/C19H20N4O2/c1-22-9-11-23(12-10-22)20-19(24)15-7-8-17-16(13-15)18(25-21-17)14-5-3-2-4-6-14/h2-8,13H,9-12H2,1H3,(H,20,24)/p+1. The van der Waals surface area contributed by atoms with Crippen molar-refractivity contribution in [2.45, 2.75) is 0 Å². The smallest absolute Gasteiger partial charge is 0.265 e. The number of fused-ring (bicyclic) bond motifs is 1. The summed E-state index contributed by atoms with van der Waals surface area (Å²) in [5.74, 6) is 0.593. The molecular weight excluding hydrogens is 316 g/mol. The lowest BCUT2D eigenvalue weighted by Crippen LogP contribution is -3.12. The number of amides is 1. The van der Waals surface area contributed by atoms with Crippen LogP contribution in [-0.4, -0.2) is 49.3 Å². The van der Waals surface area contributed by atoms with Gasteiger partial charge < -0.3 is 9.42 Å². The van der Waals surface area contributed by atoms with E-state index in [0.717, 1.165) is 42.6 Å². The number of carbonyl (C=O) groups excluding carboxylic acids is 1. The predicted molar refractivity (Wildman–Crippen MR) is 95.1 cm³/mol. The predicted octanol–water partition coefficient (Wildman–Crippen LogP) is 0.970. The first-order chi connectivity index (χ1) is 12.2. The van der Waals surface area contributed by atoms with Crippen molar-refractivity contribution in [3.8, 4) is 11.3 Å². The number of hydrazine groups is 1. The maximum Gasteiger partial charge on any atom is 0.265 e. The fourth-order valence-corrected chi connectivity index (χ4v) is 3.09. The number of aromatic nitrogens is 1. The van der Waals surface area contributed by atoms with Crippen molar-refractivity contribution >= 4 is 16.8 Å². The first kappa shape index (κ1) is 15.8. The SMILES string of the molecule is C[NH+]1CCN(NC(=O)c2ccc3noc(-c4ccccc4)c3c2)CC1. The molecule has 2 N–H and O–H groups in total. The average molecular weight is 337 g/mol. The van der Waals surface area contributed by atoms with Gasteiger partial charge in [-0.15, -0.1) is 0 Å². The molecule has 0 unspecified atom stereocenters. The maximum absolute atomic E-state index is 12.6. The van der Waals surface area contributed by atoms with Crippen LogP contribution in [0.3, 0.4) is 0 Å². The van der Waals surface area contributed by atoms with E-state index < -0.39 is 0 Å². The van der Waals surface area contributed by atoms with Gasteiger partial charge in [0, 0.05) is 11.1 Å². The summed E-state index contributed by atoms with van der Waals surface area (Å²) in [4.78, 5) is 14.1. The molecule has 2 heterocycles. The number of hydrogen-bond acceptors (Lipinski definition) is 4. The lowest BCUT2D eigenvalue weighted by atomic mass is 10.1. The third-order valence-corrected chi connectivity index (χ3v) is 4.65. The van der Waals surface area contributed by atoms with E-state index in [1.165, 1.54) is 4.90 Å². The molecule has 1 aliphatic rings. The van der Waals surface area contributed by atoms with Gasteiger partial charge in [-0.2, -0.15) is 0 Å². The zero-order valence-corrected chi connectivity index (χ0v) is 14.2. The highest BCUT2D eigenvalue weighted by molar-refractivity contribution is 6.00. The highest BCUT2D eigenvalue weighted by atomic mass is 16.5. The number of nitrogens with zero attached hydrogens (tertiary/aromatic N) is 2. The molecule has 0 radical (unpaired) electrons. The van der Waals surface area contributed by atoms with E-state index in [1.54, 1.807) is 6.07 Å². The highest BCUT2D eigenvalue weighted by Gasteiger charge is 2.20. The molecular formula is C19H21N4O2+. The summed E-state index contributed by atoms with van der Waals surface area (Å²) in [7, 11) is 2.17. The van der Waals surface area contributed by atoms with E-state index in [4.69, 9.17) is 4.52 Å². The Bertz CT molecular complexity index is 883. The summed E-state index contributed by atoms with van der Waals surface area (Å²) >= 11 is 0. The second-order valence-corrected chi connectivity index (χ2v) is 6.49. The van der Waals surface area contributed by atoms with E-state index in [9.17, 15) is 4.79 Å². The molecule has 1 saturated heterocycles. The molecule has 6 heteroatoms. The normalized spacial score (nSPS) is 16.2. The second kappa shape index (κ2) is 6.66. The molecule has 25 heavy (non-hydrogen) atoms. The quantitative estimate of drug-likeness (QED) is 0.748. The van der Waals surface area contributed by atoms with Gasteiger partial charge in [-0.25, -0.2) is 5.01 Å². The summed E-state index contributed by atoms with van der Waals surface area (Å²) in [6.07, 6.45) is 0. The number of piperazine rings is 1. The lowest BCUT2D eigenvalue weighted by Gasteiger charge is -2.30. The number of hydrogen-bond donors (Lipinski definition) is 2. The lowest BCUT2D eigenvalue weighted by molar-refractivity contribution is -0.884. The van der Waals surface area contributed by atoms with Crippen LogP contribution in [-0.2, 0) is 0 Å². The van der Waals surface area contributed by atoms with Crippen molar-refractivity contribution in [3.05, 3.63) is 54.1 Å². The molecule has 1 amide bonds. The summed E-state index contributed by atoms with van der Waals surface area (Å²) in [5.41, 5.74) is 5.31. The molecule has 6 nitrogen and oxygen atoms in total. The molecule has 0 aliphatic carbocycles. The number of carbonyl (C=O) groups is 1. The number of rotatable bonds is 3. The third kappa shape index (κ3) is 3.26. The minimum atomic E-state index is -0.0957. The van der Waals surface area contributed by atoms with Crippen LogP contribution in [0.25, 0.3) is 22.2 Å².